The molecule has 4 rings (SSSR count). The molecule has 3 aromatic carbocycles. The van der Waals surface area contributed by atoms with Gasteiger partial charge < -0.3 is 0 Å². The molecule has 0 fully saturated rings. The van der Waals surface area contributed by atoms with Crippen molar-refractivity contribution in [2.75, 3.05) is 4.90 Å². The van der Waals surface area contributed by atoms with Gasteiger partial charge in [-0.1, -0.05) is 42.5 Å². The maximum atomic E-state index is 13.0. The van der Waals surface area contributed by atoms with Crippen LogP contribution in [0, 0.1) is 13.8 Å². The van der Waals surface area contributed by atoms with Crippen LogP contribution in [-0.2, 0) is 11.4 Å². The molecule has 0 atom stereocenters. The summed E-state index contributed by atoms with van der Waals surface area (Å²) in [6.07, 6.45) is 0. The summed E-state index contributed by atoms with van der Waals surface area (Å²) in [6.45, 7) is 3.97. The first kappa shape index (κ1) is 19.5. The Morgan fingerprint density at radius 1 is 0.900 bits per heavy atom. The summed E-state index contributed by atoms with van der Waals surface area (Å²) in [5.41, 5.74) is 6.34. The minimum atomic E-state index is -0.487. The molecule has 1 N–H and O–H groups in total. The van der Waals surface area contributed by atoms with Gasteiger partial charge >= 0.3 is 0 Å². The van der Waals surface area contributed by atoms with Crippen LogP contribution in [-0.4, -0.2) is 17.7 Å². The van der Waals surface area contributed by atoms with E-state index in [1.807, 2.05) is 62.4 Å². The topological polar surface area (TPSA) is 75.7 Å². The Hall–Kier alpha value is -3.77. The fourth-order valence-corrected chi connectivity index (χ4v) is 3.38. The Bertz CT molecular complexity index is 1160. The average molecular weight is 400 g/mol. The van der Waals surface area contributed by atoms with Gasteiger partial charge in [0.25, 0.3) is 17.7 Å². The van der Waals surface area contributed by atoms with Gasteiger partial charge in [0, 0.05) is 5.56 Å². The van der Waals surface area contributed by atoms with Gasteiger partial charge in [-0.3, -0.25) is 19.2 Å². The standard InChI is InChI=1S/C24H20N2O4/c1-15-8-9-16(2)21(12-15)26-23(28)19-11-10-18(13-20(19)24(26)29)22(27)25-30-14-17-6-4-3-5-7-17/h3-13H,14H2,1-2H3,(H,25,27). The minimum Gasteiger partial charge on any atom is -0.269 e. The van der Waals surface area contributed by atoms with Crippen LogP contribution >= 0.6 is 0 Å². The summed E-state index contributed by atoms with van der Waals surface area (Å²) in [7, 11) is 0. The molecule has 0 aliphatic carbocycles. The molecule has 3 aromatic rings. The van der Waals surface area contributed by atoms with Crippen molar-refractivity contribution in [3.05, 3.63) is 100 Å². The fourth-order valence-electron chi connectivity index (χ4n) is 3.38. The Morgan fingerprint density at radius 2 is 1.63 bits per heavy atom. The Labute approximate surface area is 174 Å². The van der Waals surface area contributed by atoms with E-state index in [4.69, 9.17) is 4.84 Å². The van der Waals surface area contributed by atoms with E-state index in [0.717, 1.165) is 16.7 Å². The smallest absolute Gasteiger partial charge is 0.269 e. The molecule has 150 valence electrons. The van der Waals surface area contributed by atoms with Crippen molar-refractivity contribution < 1.29 is 19.2 Å². The van der Waals surface area contributed by atoms with Crippen LogP contribution in [0.1, 0.15) is 47.8 Å². The zero-order valence-corrected chi connectivity index (χ0v) is 16.6. The van der Waals surface area contributed by atoms with Gasteiger partial charge in [0.2, 0.25) is 0 Å². The summed E-state index contributed by atoms with van der Waals surface area (Å²) in [5.74, 6) is -1.32. The number of fused-ring (bicyclic) bond motifs is 1. The lowest BCUT2D eigenvalue weighted by Crippen LogP contribution is -2.30. The van der Waals surface area contributed by atoms with E-state index in [9.17, 15) is 14.4 Å². The number of imide groups is 1. The van der Waals surface area contributed by atoms with Crippen LogP contribution in [0.4, 0.5) is 5.69 Å². The van der Waals surface area contributed by atoms with Crippen molar-refractivity contribution in [3.63, 3.8) is 0 Å². The number of aryl methyl sites for hydroxylation is 2. The number of hydroxylamine groups is 1. The van der Waals surface area contributed by atoms with Gasteiger partial charge in [0.05, 0.1) is 23.4 Å². The maximum absolute atomic E-state index is 13.0. The second-order valence-electron chi connectivity index (χ2n) is 7.20. The van der Waals surface area contributed by atoms with E-state index < -0.39 is 17.7 Å². The lowest BCUT2D eigenvalue weighted by molar-refractivity contribution is 0.0233. The highest BCUT2D eigenvalue weighted by Gasteiger charge is 2.37. The number of rotatable bonds is 5. The van der Waals surface area contributed by atoms with Crippen LogP contribution in [0.25, 0.3) is 0 Å². The van der Waals surface area contributed by atoms with Gasteiger partial charge in [0.15, 0.2) is 0 Å². The molecule has 0 radical (unpaired) electrons. The van der Waals surface area contributed by atoms with Gasteiger partial charge in [-0.05, 0) is 54.8 Å². The summed E-state index contributed by atoms with van der Waals surface area (Å²) in [6, 6.07) is 19.5. The quantitative estimate of drug-likeness (QED) is 0.519. The summed E-state index contributed by atoms with van der Waals surface area (Å²) in [5, 5.41) is 0. The van der Waals surface area contributed by atoms with E-state index in [2.05, 4.69) is 5.48 Å². The lowest BCUT2D eigenvalue weighted by Gasteiger charge is -2.17. The number of hydrogen-bond acceptors (Lipinski definition) is 4. The van der Waals surface area contributed by atoms with E-state index in [0.29, 0.717) is 5.69 Å². The van der Waals surface area contributed by atoms with Gasteiger partial charge in [-0.25, -0.2) is 10.4 Å². The van der Waals surface area contributed by atoms with E-state index >= 15 is 0 Å². The lowest BCUT2D eigenvalue weighted by atomic mass is 10.1. The van der Waals surface area contributed by atoms with E-state index in [1.165, 1.54) is 23.1 Å². The molecule has 6 nitrogen and oxygen atoms in total. The Kier molecular flexibility index (Phi) is 5.16. The normalized spacial score (nSPS) is 12.8. The van der Waals surface area contributed by atoms with Crippen LogP contribution < -0.4 is 10.4 Å². The Morgan fingerprint density at radius 3 is 2.40 bits per heavy atom. The number of nitrogens with one attached hydrogen (secondary N) is 1. The number of nitrogens with zero attached hydrogens (tertiary/aromatic N) is 1. The molecule has 1 aliphatic heterocycles. The number of amides is 3. The molecule has 1 heterocycles. The van der Waals surface area contributed by atoms with E-state index in [1.54, 1.807) is 0 Å². The highest BCUT2D eigenvalue weighted by atomic mass is 16.6. The van der Waals surface area contributed by atoms with Crippen LogP contribution in [0.3, 0.4) is 0 Å². The number of anilines is 1. The molecule has 6 heteroatoms. The molecule has 0 saturated carbocycles. The second kappa shape index (κ2) is 7.93. The summed E-state index contributed by atoms with van der Waals surface area (Å²) >= 11 is 0. The molecular formula is C24H20N2O4. The molecule has 3 amide bonds. The van der Waals surface area contributed by atoms with Crippen LogP contribution in [0.15, 0.2) is 66.7 Å². The van der Waals surface area contributed by atoms with E-state index in [-0.39, 0.29) is 23.3 Å². The molecule has 0 saturated heterocycles. The van der Waals surface area contributed by atoms with Gasteiger partial charge in [-0.2, -0.15) is 0 Å². The first-order valence-electron chi connectivity index (χ1n) is 9.52. The molecule has 0 bridgehead atoms. The molecule has 0 spiro atoms. The van der Waals surface area contributed by atoms with Crippen LogP contribution in [0.5, 0.6) is 0 Å². The first-order chi connectivity index (χ1) is 14.5. The van der Waals surface area contributed by atoms with Crippen molar-refractivity contribution in [2.45, 2.75) is 20.5 Å². The molecule has 0 aromatic heterocycles. The van der Waals surface area contributed by atoms with Gasteiger partial charge in [-0.15, -0.1) is 0 Å². The minimum absolute atomic E-state index is 0.205. The Balaban J connectivity index is 1.53. The highest BCUT2D eigenvalue weighted by Crippen LogP contribution is 2.31. The van der Waals surface area contributed by atoms with Gasteiger partial charge in [0.1, 0.15) is 0 Å². The second-order valence-corrected chi connectivity index (χ2v) is 7.20. The number of carbonyl (C=O) groups excluding carboxylic acids is 3. The zero-order chi connectivity index (χ0) is 21.3. The SMILES string of the molecule is Cc1ccc(C)c(N2C(=O)c3ccc(C(=O)NOCc4ccccc4)cc3C2=O)c1. The molecule has 1 aliphatic rings. The van der Waals surface area contributed by atoms with Crippen molar-refractivity contribution in [3.8, 4) is 0 Å². The summed E-state index contributed by atoms with van der Waals surface area (Å²) in [4.78, 5) is 44.7. The predicted octanol–water partition coefficient (Wildman–Crippen LogP) is 3.97. The largest absolute Gasteiger partial charge is 0.274 e. The summed E-state index contributed by atoms with van der Waals surface area (Å²) < 4.78 is 0. The fraction of sp³-hybridized carbons (Fsp3) is 0.125. The monoisotopic (exact) mass is 400 g/mol. The van der Waals surface area contributed by atoms with Crippen molar-refractivity contribution in [1.29, 1.82) is 0 Å². The van der Waals surface area contributed by atoms with Crippen molar-refractivity contribution in [2.24, 2.45) is 0 Å². The third kappa shape index (κ3) is 3.60. The average Bonchev–Trinajstić information content (AvgIpc) is 3.00. The van der Waals surface area contributed by atoms with Crippen molar-refractivity contribution in [1.82, 2.24) is 5.48 Å². The zero-order valence-electron chi connectivity index (χ0n) is 16.6. The number of hydrogen-bond donors (Lipinski definition) is 1. The number of benzene rings is 3. The molecule has 0 unspecified atom stereocenters. The third-order valence-electron chi connectivity index (χ3n) is 5.00. The van der Waals surface area contributed by atoms with Crippen LogP contribution in [0.2, 0.25) is 0 Å². The molecular weight excluding hydrogens is 380 g/mol. The maximum Gasteiger partial charge on any atom is 0.274 e. The highest BCUT2D eigenvalue weighted by molar-refractivity contribution is 6.35. The number of carbonyl (C=O) groups is 3. The molecule has 30 heavy (non-hydrogen) atoms. The van der Waals surface area contributed by atoms with Crippen molar-refractivity contribution >= 4 is 23.4 Å². The first-order valence-corrected chi connectivity index (χ1v) is 9.52. The predicted molar refractivity (Wildman–Crippen MR) is 112 cm³/mol. The third-order valence-corrected chi connectivity index (χ3v) is 5.00.